The third-order valence-corrected chi connectivity index (χ3v) is 4.73. The standard InChI is InChI=1S/C16H26N4O/c1-3-13-10-20(8-7-19(13)9-12(2)21)16-14-5-4-6-15(14)17-11-18-16/h11-13,21H,3-10H2,1-2H3/t12-,13-/m0/s1. The summed E-state index contributed by atoms with van der Waals surface area (Å²) in [7, 11) is 0. The van der Waals surface area contributed by atoms with Gasteiger partial charge < -0.3 is 10.0 Å². The monoisotopic (exact) mass is 290 g/mol. The molecule has 0 unspecified atom stereocenters. The van der Waals surface area contributed by atoms with Gasteiger partial charge in [0.1, 0.15) is 12.1 Å². The second-order valence-corrected chi connectivity index (χ2v) is 6.33. The van der Waals surface area contributed by atoms with E-state index in [1.165, 1.54) is 17.7 Å². The van der Waals surface area contributed by atoms with Crippen LogP contribution in [0.5, 0.6) is 0 Å². The van der Waals surface area contributed by atoms with E-state index in [-0.39, 0.29) is 6.10 Å². The van der Waals surface area contributed by atoms with Crippen LogP contribution in [0.4, 0.5) is 5.82 Å². The highest BCUT2D eigenvalue weighted by molar-refractivity contribution is 5.51. The summed E-state index contributed by atoms with van der Waals surface area (Å²) < 4.78 is 0. The number of aryl methyl sites for hydroxylation is 1. The van der Waals surface area contributed by atoms with E-state index in [0.29, 0.717) is 6.04 Å². The minimum absolute atomic E-state index is 0.256. The number of piperazine rings is 1. The lowest BCUT2D eigenvalue weighted by Crippen LogP contribution is -2.54. The molecule has 2 atom stereocenters. The highest BCUT2D eigenvalue weighted by Gasteiger charge is 2.29. The normalized spacial score (nSPS) is 24.1. The fourth-order valence-corrected chi connectivity index (χ4v) is 3.67. The molecule has 1 N–H and O–H groups in total. The molecule has 5 nitrogen and oxygen atoms in total. The fourth-order valence-electron chi connectivity index (χ4n) is 3.67. The molecule has 0 bridgehead atoms. The van der Waals surface area contributed by atoms with E-state index >= 15 is 0 Å². The van der Waals surface area contributed by atoms with Crippen molar-refractivity contribution < 1.29 is 5.11 Å². The molecule has 1 aliphatic heterocycles. The minimum atomic E-state index is -0.256. The summed E-state index contributed by atoms with van der Waals surface area (Å²) in [5.41, 5.74) is 2.62. The Hall–Kier alpha value is -1.20. The molecule has 0 saturated carbocycles. The number of aliphatic hydroxyl groups excluding tert-OH is 1. The molecule has 1 fully saturated rings. The molecule has 1 aromatic rings. The smallest absolute Gasteiger partial charge is 0.135 e. The number of hydrogen-bond donors (Lipinski definition) is 1. The number of aromatic nitrogens is 2. The molecule has 0 radical (unpaired) electrons. The second kappa shape index (κ2) is 6.28. The number of β-amino-alcohol motifs (C(OH)–C–C–N with tert-alkyl or cyclic N) is 1. The molecule has 2 heterocycles. The van der Waals surface area contributed by atoms with Gasteiger partial charge in [0.05, 0.1) is 6.10 Å². The molecule has 0 amide bonds. The molecule has 1 aromatic heterocycles. The molecule has 116 valence electrons. The summed E-state index contributed by atoms with van der Waals surface area (Å²) in [5.74, 6) is 1.16. The van der Waals surface area contributed by atoms with Crippen LogP contribution in [0.3, 0.4) is 0 Å². The summed E-state index contributed by atoms with van der Waals surface area (Å²) in [6.07, 6.45) is 6.01. The van der Waals surface area contributed by atoms with Crippen LogP contribution in [-0.2, 0) is 12.8 Å². The van der Waals surface area contributed by atoms with Crippen molar-refractivity contribution in [3.8, 4) is 0 Å². The summed E-state index contributed by atoms with van der Waals surface area (Å²) >= 11 is 0. The molecule has 2 aliphatic rings. The quantitative estimate of drug-likeness (QED) is 0.904. The van der Waals surface area contributed by atoms with Crippen LogP contribution in [-0.4, -0.2) is 58.3 Å². The van der Waals surface area contributed by atoms with Crippen LogP contribution in [0.1, 0.15) is 37.9 Å². The van der Waals surface area contributed by atoms with Gasteiger partial charge >= 0.3 is 0 Å². The zero-order valence-corrected chi connectivity index (χ0v) is 13.1. The van der Waals surface area contributed by atoms with Crippen LogP contribution in [0.15, 0.2) is 6.33 Å². The topological polar surface area (TPSA) is 52.5 Å². The van der Waals surface area contributed by atoms with Crippen molar-refractivity contribution in [2.45, 2.75) is 51.7 Å². The predicted molar refractivity (Wildman–Crippen MR) is 83.6 cm³/mol. The van der Waals surface area contributed by atoms with Crippen LogP contribution in [0.25, 0.3) is 0 Å². The first-order valence-corrected chi connectivity index (χ1v) is 8.18. The van der Waals surface area contributed by atoms with Gasteiger partial charge in [0.25, 0.3) is 0 Å². The Kier molecular flexibility index (Phi) is 4.40. The average Bonchev–Trinajstić information content (AvgIpc) is 2.95. The van der Waals surface area contributed by atoms with Crippen molar-refractivity contribution in [2.75, 3.05) is 31.1 Å². The molecule has 3 rings (SSSR count). The zero-order valence-electron chi connectivity index (χ0n) is 13.1. The average molecular weight is 290 g/mol. The van der Waals surface area contributed by atoms with Crippen molar-refractivity contribution in [3.05, 3.63) is 17.6 Å². The first-order chi connectivity index (χ1) is 10.2. The van der Waals surface area contributed by atoms with Crippen molar-refractivity contribution in [1.82, 2.24) is 14.9 Å². The molecule has 0 aromatic carbocycles. The lowest BCUT2D eigenvalue weighted by atomic mass is 10.1. The molecule has 21 heavy (non-hydrogen) atoms. The van der Waals surface area contributed by atoms with Crippen LogP contribution in [0.2, 0.25) is 0 Å². The van der Waals surface area contributed by atoms with E-state index in [2.05, 4.69) is 26.7 Å². The summed E-state index contributed by atoms with van der Waals surface area (Å²) in [5, 5.41) is 9.65. The van der Waals surface area contributed by atoms with Gasteiger partial charge in [-0.2, -0.15) is 0 Å². The maximum atomic E-state index is 9.65. The van der Waals surface area contributed by atoms with Gasteiger partial charge in [-0.05, 0) is 32.6 Å². The number of nitrogens with zero attached hydrogens (tertiary/aromatic N) is 4. The lowest BCUT2D eigenvalue weighted by Gasteiger charge is -2.42. The van der Waals surface area contributed by atoms with Gasteiger partial charge in [-0.25, -0.2) is 9.97 Å². The van der Waals surface area contributed by atoms with Gasteiger partial charge in [0, 0.05) is 43.5 Å². The molecule has 5 heteroatoms. The van der Waals surface area contributed by atoms with Gasteiger partial charge in [-0.15, -0.1) is 0 Å². The zero-order chi connectivity index (χ0) is 14.8. The van der Waals surface area contributed by atoms with E-state index in [9.17, 15) is 5.11 Å². The number of rotatable bonds is 4. The maximum Gasteiger partial charge on any atom is 0.135 e. The Morgan fingerprint density at radius 1 is 1.33 bits per heavy atom. The minimum Gasteiger partial charge on any atom is -0.392 e. The maximum absolute atomic E-state index is 9.65. The Bertz CT molecular complexity index is 491. The number of aliphatic hydroxyl groups is 1. The predicted octanol–water partition coefficient (Wildman–Crippen LogP) is 1.25. The third kappa shape index (κ3) is 3.04. The highest BCUT2D eigenvalue weighted by atomic mass is 16.3. The first-order valence-electron chi connectivity index (χ1n) is 8.18. The summed E-state index contributed by atoms with van der Waals surface area (Å²) in [6.45, 7) is 7.87. The van der Waals surface area contributed by atoms with Crippen molar-refractivity contribution >= 4 is 5.82 Å². The fraction of sp³-hybridized carbons (Fsp3) is 0.750. The van der Waals surface area contributed by atoms with Gasteiger partial charge in [0.15, 0.2) is 0 Å². The molecular formula is C16H26N4O. The van der Waals surface area contributed by atoms with Crippen molar-refractivity contribution in [2.24, 2.45) is 0 Å². The Balaban J connectivity index is 1.75. The molecular weight excluding hydrogens is 264 g/mol. The molecule has 1 saturated heterocycles. The van der Waals surface area contributed by atoms with Crippen molar-refractivity contribution in [3.63, 3.8) is 0 Å². The van der Waals surface area contributed by atoms with Gasteiger partial charge in [-0.1, -0.05) is 6.92 Å². The van der Waals surface area contributed by atoms with Crippen LogP contribution < -0.4 is 4.90 Å². The number of hydrogen-bond acceptors (Lipinski definition) is 5. The van der Waals surface area contributed by atoms with E-state index in [1.807, 2.05) is 6.92 Å². The first kappa shape index (κ1) is 14.7. The highest BCUT2D eigenvalue weighted by Crippen LogP contribution is 2.29. The summed E-state index contributed by atoms with van der Waals surface area (Å²) in [4.78, 5) is 13.9. The lowest BCUT2D eigenvalue weighted by molar-refractivity contribution is 0.0884. The van der Waals surface area contributed by atoms with Crippen molar-refractivity contribution in [1.29, 1.82) is 0 Å². The Morgan fingerprint density at radius 3 is 2.95 bits per heavy atom. The van der Waals surface area contributed by atoms with Crippen LogP contribution in [0, 0.1) is 0 Å². The van der Waals surface area contributed by atoms with Crippen LogP contribution >= 0.6 is 0 Å². The Morgan fingerprint density at radius 2 is 2.19 bits per heavy atom. The van der Waals surface area contributed by atoms with Gasteiger partial charge in [0.2, 0.25) is 0 Å². The Labute approximate surface area is 127 Å². The van der Waals surface area contributed by atoms with E-state index in [4.69, 9.17) is 0 Å². The molecule has 0 spiro atoms. The largest absolute Gasteiger partial charge is 0.392 e. The third-order valence-electron chi connectivity index (χ3n) is 4.73. The van der Waals surface area contributed by atoms with E-state index in [0.717, 1.165) is 51.3 Å². The molecule has 1 aliphatic carbocycles. The van der Waals surface area contributed by atoms with E-state index < -0.39 is 0 Å². The SMILES string of the molecule is CC[C@H]1CN(c2ncnc3c2CCC3)CCN1C[C@H](C)O. The number of fused-ring (bicyclic) bond motifs is 1. The van der Waals surface area contributed by atoms with E-state index in [1.54, 1.807) is 6.33 Å². The number of anilines is 1. The van der Waals surface area contributed by atoms with Gasteiger partial charge in [-0.3, -0.25) is 4.90 Å². The summed E-state index contributed by atoms with van der Waals surface area (Å²) in [6, 6.07) is 0.500. The second-order valence-electron chi connectivity index (χ2n) is 6.33.